The van der Waals surface area contributed by atoms with Crippen LogP contribution in [0.2, 0.25) is 5.02 Å². The monoisotopic (exact) mass is 400 g/mol. The van der Waals surface area contributed by atoms with Crippen molar-refractivity contribution >= 4 is 23.4 Å². The number of halogens is 1. The zero-order valence-electron chi connectivity index (χ0n) is 16.0. The van der Waals surface area contributed by atoms with E-state index in [0.29, 0.717) is 18.1 Å². The van der Waals surface area contributed by atoms with Gasteiger partial charge in [-0.3, -0.25) is 19.5 Å². The number of amides is 2. The van der Waals surface area contributed by atoms with E-state index in [2.05, 4.69) is 15.2 Å². The Labute approximate surface area is 170 Å². The van der Waals surface area contributed by atoms with Crippen molar-refractivity contribution in [1.82, 2.24) is 20.1 Å². The van der Waals surface area contributed by atoms with Crippen molar-refractivity contribution in [2.75, 3.05) is 26.2 Å². The third-order valence-corrected chi connectivity index (χ3v) is 5.12. The van der Waals surface area contributed by atoms with Crippen molar-refractivity contribution in [3.63, 3.8) is 0 Å². The average molecular weight is 401 g/mol. The van der Waals surface area contributed by atoms with E-state index in [1.807, 2.05) is 35.2 Å². The Morgan fingerprint density at radius 3 is 2.43 bits per heavy atom. The van der Waals surface area contributed by atoms with Crippen molar-refractivity contribution in [3.05, 3.63) is 64.9 Å². The van der Waals surface area contributed by atoms with Gasteiger partial charge in [-0.2, -0.15) is 0 Å². The second kappa shape index (κ2) is 9.66. The molecule has 0 saturated carbocycles. The Morgan fingerprint density at radius 2 is 1.82 bits per heavy atom. The van der Waals surface area contributed by atoms with Gasteiger partial charge in [-0.05, 0) is 29.8 Å². The number of hydrogen-bond donors (Lipinski definition) is 1. The molecule has 0 spiro atoms. The number of carbonyl (C=O) groups excluding carboxylic acids is 2. The molecule has 1 aromatic carbocycles. The first kappa shape index (κ1) is 20.3. The summed E-state index contributed by atoms with van der Waals surface area (Å²) in [5.41, 5.74) is 1.91. The maximum atomic E-state index is 12.8. The van der Waals surface area contributed by atoms with Gasteiger partial charge in [0.15, 0.2) is 0 Å². The molecule has 1 unspecified atom stereocenters. The standard InChI is InChI=1S/C21H25ClN4O2/c1-16(27)24-20(17-5-7-18(22)8-6-17)14-21(28)26-12-10-25(11-13-26)15-19-4-2-3-9-23-19/h2-9,20H,10-15H2,1H3,(H,24,27). The number of nitrogens with zero attached hydrogens (tertiary/aromatic N) is 3. The first-order valence-corrected chi connectivity index (χ1v) is 9.81. The summed E-state index contributed by atoms with van der Waals surface area (Å²) in [6, 6.07) is 12.8. The Morgan fingerprint density at radius 1 is 1.11 bits per heavy atom. The molecule has 0 radical (unpaired) electrons. The minimum absolute atomic E-state index is 0.0474. The Bertz CT molecular complexity index is 790. The maximum absolute atomic E-state index is 12.8. The smallest absolute Gasteiger partial charge is 0.225 e. The Balaban J connectivity index is 1.55. The summed E-state index contributed by atoms with van der Waals surface area (Å²) in [6.45, 7) is 5.24. The van der Waals surface area contributed by atoms with Crippen LogP contribution in [0.1, 0.15) is 30.6 Å². The van der Waals surface area contributed by atoms with Gasteiger partial charge in [0.1, 0.15) is 0 Å². The molecule has 0 aliphatic carbocycles. The van der Waals surface area contributed by atoms with Crippen LogP contribution in [0.5, 0.6) is 0 Å². The lowest BCUT2D eigenvalue weighted by molar-refractivity contribution is -0.133. The molecule has 1 aliphatic rings. The summed E-state index contributed by atoms with van der Waals surface area (Å²) >= 11 is 5.95. The highest BCUT2D eigenvalue weighted by Crippen LogP contribution is 2.21. The van der Waals surface area contributed by atoms with Crippen molar-refractivity contribution in [2.45, 2.75) is 25.9 Å². The van der Waals surface area contributed by atoms with Crippen molar-refractivity contribution in [2.24, 2.45) is 0 Å². The molecule has 2 heterocycles. The van der Waals surface area contributed by atoms with E-state index in [9.17, 15) is 9.59 Å². The van der Waals surface area contributed by atoms with Gasteiger partial charge >= 0.3 is 0 Å². The van der Waals surface area contributed by atoms with E-state index in [1.54, 1.807) is 18.3 Å². The second-order valence-corrected chi connectivity index (χ2v) is 7.42. The molecule has 1 aliphatic heterocycles. The van der Waals surface area contributed by atoms with Crippen LogP contribution in [0.15, 0.2) is 48.7 Å². The predicted molar refractivity (Wildman–Crippen MR) is 109 cm³/mol. The third kappa shape index (κ3) is 5.78. The number of benzene rings is 1. The Hall–Kier alpha value is -2.44. The lowest BCUT2D eigenvalue weighted by Gasteiger charge is -2.35. The fourth-order valence-corrected chi connectivity index (χ4v) is 3.50. The van der Waals surface area contributed by atoms with Crippen LogP contribution in [0, 0.1) is 0 Å². The molecule has 1 aromatic heterocycles. The van der Waals surface area contributed by atoms with E-state index in [-0.39, 0.29) is 24.3 Å². The highest BCUT2D eigenvalue weighted by molar-refractivity contribution is 6.30. The molecule has 148 valence electrons. The molecule has 1 N–H and O–H groups in total. The van der Waals surface area contributed by atoms with Crippen LogP contribution in [0.3, 0.4) is 0 Å². The first-order valence-electron chi connectivity index (χ1n) is 9.44. The van der Waals surface area contributed by atoms with E-state index in [0.717, 1.165) is 30.9 Å². The predicted octanol–water partition coefficient (Wildman–Crippen LogP) is 2.65. The summed E-state index contributed by atoms with van der Waals surface area (Å²) in [5, 5.41) is 3.50. The quantitative estimate of drug-likeness (QED) is 0.809. The molecular formula is C21H25ClN4O2. The molecule has 1 saturated heterocycles. The number of rotatable bonds is 6. The van der Waals surface area contributed by atoms with Gasteiger partial charge in [0.2, 0.25) is 11.8 Å². The molecule has 1 fully saturated rings. The first-order chi connectivity index (χ1) is 13.5. The lowest BCUT2D eigenvalue weighted by atomic mass is 10.0. The molecule has 2 aromatic rings. The van der Waals surface area contributed by atoms with E-state index < -0.39 is 0 Å². The highest BCUT2D eigenvalue weighted by atomic mass is 35.5. The van der Waals surface area contributed by atoms with Gasteiger partial charge in [0.05, 0.1) is 18.2 Å². The van der Waals surface area contributed by atoms with E-state index in [4.69, 9.17) is 11.6 Å². The summed E-state index contributed by atoms with van der Waals surface area (Å²) in [6.07, 6.45) is 2.04. The Kier molecular flexibility index (Phi) is 7.01. The number of nitrogens with one attached hydrogen (secondary N) is 1. The van der Waals surface area contributed by atoms with Gasteiger partial charge < -0.3 is 10.2 Å². The lowest BCUT2D eigenvalue weighted by Crippen LogP contribution is -2.49. The third-order valence-electron chi connectivity index (χ3n) is 4.87. The SMILES string of the molecule is CC(=O)NC(CC(=O)N1CCN(Cc2ccccn2)CC1)c1ccc(Cl)cc1. The van der Waals surface area contributed by atoms with Crippen LogP contribution in [-0.4, -0.2) is 52.8 Å². The van der Waals surface area contributed by atoms with Gasteiger partial charge in [-0.1, -0.05) is 29.8 Å². The summed E-state index contributed by atoms with van der Waals surface area (Å²) in [5.74, 6) is -0.112. The number of aromatic nitrogens is 1. The van der Waals surface area contributed by atoms with Crippen LogP contribution in [0.25, 0.3) is 0 Å². The van der Waals surface area contributed by atoms with Gasteiger partial charge in [0, 0.05) is 50.9 Å². The number of hydrogen-bond acceptors (Lipinski definition) is 4. The van der Waals surface area contributed by atoms with Crippen molar-refractivity contribution in [3.8, 4) is 0 Å². The fourth-order valence-electron chi connectivity index (χ4n) is 3.37. The van der Waals surface area contributed by atoms with Crippen LogP contribution < -0.4 is 5.32 Å². The van der Waals surface area contributed by atoms with Crippen LogP contribution >= 0.6 is 11.6 Å². The minimum Gasteiger partial charge on any atom is -0.349 e. The average Bonchev–Trinajstić information content (AvgIpc) is 2.69. The maximum Gasteiger partial charge on any atom is 0.225 e. The zero-order chi connectivity index (χ0) is 19.9. The minimum atomic E-state index is -0.353. The zero-order valence-corrected chi connectivity index (χ0v) is 16.7. The molecule has 3 rings (SSSR count). The molecule has 0 bridgehead atoms. The van der Waals surface area contributed by atoms with Gasteiger partial charge in [0.25, 0.3) is 0 Å². The molecule has 28 heavy (non-hydrogen) atoms. The molecule has 2 amide bonds. The van der Waals surface area contributed by atoms with E-state index >= 15 is 0 Å². The van der Waals surface area contributed by atoms with Crippen LogP contribution in [0.4, 0.5) is 0 Å². The highest BCUT2D eigenvalue weighted by Gasteiger charge is 2.25. The molecule has 1 atom stereocenters. The summed E-state index contributed by atoms with van der Waals surface area (Å²) < 4.78 is 0. The largest absolute Gasteiger partial charge is 0.349 e. The number of piperazine rings is 1. The number of pyridine rings is 1. The van der Waals surface area contributed by atoms with Crippen molar-refractivity contribution in [1.29, 1.82) is 0 Å². The summed E-state index contributed by atoms with van der Waals surface area (Å²) in [4.78, 5) is 32.9. The van der Waals surface area contributed by atoms with E-state index in [1.165, 1.54) is 6.92 Å². The van der Waals surface area contributed by atoms with Gasteiger partial charge in [-0.15, -0.1) is 0 Å². The van der Waals surface area contributed by atoms with Crippen molar-refractivity contribution < 1.29 is 9.59 Å². The molecular weight excluding hydrogens is 376 g/mol. The fraction of sp³-hybridized carbons (Fsp3) is 0.381. The van der Waals surface area contributed by atoms with Crippen LogP contribution in [-0.2, 0) is 16.1 Å². The number of carbonyl (C=O) groups is 2. The molecule has 6 nitrogen and oxygen atoms in total. The normalized spacial score (nSPS) is 15.9. The topological polar surface area (TPSA) is 65.5 Å². The summed E-state index contributed by atoms with van der Waals surface area (Å²) in [7, 11) is 0. The van der Waals surface area contributed by atoms with Gasteiger partial charge in [-0.25, -0.2) is 0 Å². The molecule has 7 heteroatoms. The second-order valence-electron chi connectivity index (χ2n) is 6.99.